The third-order valence-electron chi connectivity index (χ3n) is 12.7. The van der Waals surface area contributed by atoms with E-state index in [1.807, 2.05) is 0 Å². The Morgan fingerprint density at radius 2 is 0.369 bits per heavy atom. The van der Waals surface area contributed by atoms with Gasteiger partial charge in [-0.3, -0.25) is 0 Å². The molecule has 0 amide bonds. The minimum atomic E-state index is -1.06. The maximum atomic E-state index is 12.0. The molecule has 0 unspecified atom stereocenters. The normalized spacial score (nSPS) is 11.7. The summed E-state index contributed by atoms with van der Waals surface area (Å²) in [6.45, 7) is 0. The Labute approximate surface area is 367 Å². The summed E-state index contributed by atoms with van der Waals surface area (Å²) in [4.78, 5) is 60.1. The topological polar surface area (TPSA) is 186 Å². The number of carbonyl (C=O) groups is 5. The smallest absolute Gasteiger partial charge is 0.335 e. The Morgan fingerprint density at radius 1 is 0.231 bits per heavy atom. The van der Waals surface area contributed by atoms with Crippen LogP contribution >= 0.6 is 0 Å². The van der Waals surface area contributed by atoms with Crippen molar-refractivity contribution in [3.05, 3.63) is 179 Å². The maximum Gasteiger partial charge on any atom is 0.335 e. The van der Waals surface area contributed by atoms with Gasteiger partial charge in [-0.15, -0.1) is 0 Å². The minimum Gasteiger partial charge on any atom is -0.478 e. The number of aromatic carboxylic acids is 5. The van der Waals surface area contributed by atoms with E-state index in [1.54, 1.807) is 121 Å². The molecule has 0 atom stereocenters. The summed E-state index contributed by atoms with van der Waals surface area (Å²) in [6.07, 6.45) is 0. The van der Waals surface area contributed by atoms with Crippen LogP contribution < -0.4 is 0 Å². The van der Waals surface area contributed by atoms with Crippen molar-refractivity contribution in [3.8, 4) is 55.6 Å². The van der Waals surface area contributed by atoms with Gasteiger partial charge in [0.25, 0.3) is 0 Å². The molecule has 0 heterocycles. The lowest BCUT2D eigenvalue weighted by Gasteiger charge is -2.17. The molecular formula is C55H30O10. The molecule has 0 saturated heterocycles. The second-order valence-electron chi connectivity index (χ2n) is 16.1. The third-order valence-corrected chi connectivity index (χ3v) is 12.7. The van der Waals surface area contributed by atoms with Crippen LogP contribution in [0.2, 0.25) is 0 Å². The second kappa shape index (κ2) is 14.2. The molecule has 0 radical (unpaired) electrons. The van der Waals surface area contributed by atoms with E-state index in [2.05, 4.69) is 30.3 Å². The molecule has 0 aliphatic heterocycles. The van der Waals surface area contributed by atoms with Crippen molar-refractivity contribution < 1.29 is 49.5 Å². The van der Waals surface area contributed by atoms with E-state index in [-0.39, 0.29) is 27.8 Å². The van der Waals surface area contributed by atoms with Crippen LogP contribution in [-0.2, 0) is 0 Å². The van der Waals surface area contributed by atoms with Gasteiger partial charge in [-0.05, 0) is 200 Å². The fourth-order valence-corrected chi connectivity index (χ4v) is 9.66. The summed E-state index contributed by atoms with van der Waals surface area (Å²) in [5.41, 5.74) is 8.35. The first-order chi connectivity index (χ1) is 31.4. The van der Waals surface area contributed by atoms with Gasteiger partial charge in [-0.2, -0.15) is 0 Å². The zero-order valence-electron chi connectivity index (χ0n) is 33.7. The molecule has 0 aromatic heterocycles. The Bertz CT molecular complexity index is 3180. The molecule has 0 spiro atoms. The van der Waals surface area contributed by atoms with Crippen LogP contribution in [0.5, 0.6) is 0 Å². The monoisotopic (exact) mass is 850 g/mol. The van der Waals surface area contributed by atoms with E-state index in [4.69, 9.17) is 0 Å². The molecule has 10 nitrogen and oxygen atoms in total. The Hall–Kier alpha value is -9.15. The lowest BCUT2D eigenvalue weighted by Crippen LogP contribution is -1.96. The van der Waals surface area contributed by atoms with Gasteiger partial charge < -0.3 is 25.5 Å². The zero-order chi connectivity index (χ0) is 45.0. The fraction of sp³-hybridized carbons (Fsp3) is 0. The SMILES string of the molecule is O=C(O)c1ccc(-c2cc3c(-c4ccc(C(=O)O)cc4)cc4c(-c5ccc(C(=O)O)cc5)cc5c(-c6ccc(C(=O)O)cc6)cc6c(-c7ccc(C(=O)O)cc7)cc2c2c6c5c4c32)cc1. The molecule has 310 valence electrons. The van der Waals surface area contributed by atoms with Crippen molar-refractivity contribution >= 4 is 83.7 Å². The highest BCUT2D eigenvalue weighted by Gasteiger charge is 2.29. The molecule has 0 aliphatic rings. The Kier molecular flexibility index (Phi) is 8.46. The Morgan fingerprint density at radius 3 is 0.492 bits per heavy atom. The van der Waals surface area contributed by atoms with Crippen LogP contribution in [0, 0.1) is 0 Å². The number of hydrogen-bond donors (Lipinski definition) is 5. The maximum absolute atomic E-state index is 12.0. The van der Waals surface area contributed by atoms with Gasteiger partial charge in [0.15, 0.2) is 0 Å². The van der Waals surface area contributed by atoms with E-state index >= 15 is 0 Å². The molecule has 11 rings (SSSR count). The van der Waals surface area contributed by atoms with Crippen molar-refractivity contribution in [2.45, 2.75) is 0 Å². The van der Waals surface area contributed by atoms with Crippen LogP contribution in [0.25, 0.3) is 109 Å². The quantitative estimate of drug-likeness (QED) is 0.0829. The number of benzene rings is 10. The Balaban J connectivity index is 1.37. The van der Waals surface area contributed by atoms with Gasteiger partial charge in [0, 0.05) is 0 Å². The van der Waals surface area contributed by atoms with Crippen LogP contribution in [0.1, 0.15) is 51.8 Å². The van der Waals surface area contributed by atoms with E-state index in [0.717, 1.165) is 109 Å². The summed E-state index contributed by atoms with van der Waals surface area (Å²) < 4.78 is 0. The molecule has 11 aromatic carbocycles. The zero-order valence-corrected chi connectivity index (χ0v) is 33.7. The summed E-state index contributed by atoms with van der Waals surface area (Å²) >= 11 is 0. The van der Waals surface area contributed by atoms with Gasteiger partial charge in [0.2, 0.25) is 0 Å². The average molecular weight is 851 g/mol. The predicted molar refractivity (Wildman–Crippen MR) is 250 cm³/mol. The van der Waals surface area contributed by atoms with Crippen molar-refractivity contribution in [2.75, 3.05) is 0 Å². The molecule has 0 saturated carbocycles. The molecule has 11 aromatic rings. The first-order valence-electron chi connectivity index (χ1n) is 20.4. The van der Waals surface area contributed by atoms with Gasteiger partial charge in [-0.25, -0.2) is 24.0 Å². The number of rotatable bonds is 10. The predicted octanol–water partition coefficient (Wildman–Crippen LogP) is 12.6. The van der Waals surface area contributed by atoms with Gasteiger partial charge >= 0.3 is 29.8 Å². The molecule has 0 bridgehead atoms. The average Bonchev–Trinajstić information content (AvgIpc) is 3.69. The van der Waals surface area contributed by atoms with Gasteiger partial charge in [0.1, 0.15) is 0 Å². The fourth-order valence-electron chi connectivity index (χ4n) is 9.66. The standard InChI is InChI=1S/C55H30O10/c56-51(57)31-11-1-26(2-12-31)36-21-42-38(28-5-15-33(16-6-28)53(60)61)23-44-40(30-9-19-35(20-10-30)55(64)65)25-45-39(29-7-17-34(18-8-29)54(62)63)24-43-37(27-3-13-32(14-4-27)52(58)59)22-41(36)46-47(42)49(44)50(45)48(43)46/h1-25H,(H,56,57)(H,58,59)(H,60,61)(H,62,63)(H,64,65). The third kappa shape index (κ3) is 5.92. The van der Waals surface area contributed by atoms with Crippen molar-refractivity contribution in [3.63, 3.8) is 0 Å². The van der Waals surface area contributed by atoms with Gasteiger partial charge in [0.05, 0.1) is 27.8 Å². The lowest BCUT2D eigenvalue weighted by molar-refractivity contribution is 0.0686. The number of hydrogen-bond acceptors (Lipinski definition) is 5. The highest BCUT2D eigenvalue weighted by Crippen LogP contribution is 2.57. The van der Waals surface area contributed by atoms with E-state index in [0.29, 0.717) is 0 Å². The first-order valence-corrected chi connectivity index (χ1v) is 20.4. The number of carboxylic acids is 5. The van der Waals surface area contributed by atoms with Crippen LogP contribution in [0.4, 0.5) is 0 Å². The largest absolute Gasteiger partial charge is 0.478 e. The minimum absolute atomic E-state index is 0.121. The second-order valence-corrected chi connectivity index (χ2v) is 16.1. The molecule has 0 aliphatic carbocycles. The van der Waals surface area contributed by atoms with Gasteiger partial charge in [-0.1, -0.05) is 60.7 Å². The molecule has 0 fully saturated rings. The molecule has 5 N–H and O–H groups in total. The van der Waals surface area contributed by atoms with Crippen molar-refractivity contribution in [1.29, 1.82) is 0 Å². The molecular weight excluding hydrogens is 821 g/mol. The van der Waals surface area contributed by atoms with Crippen LogP contribution in [0.15, 0.2) is 152 Å². The van der Waals surface area contributed by atoms with E-state index in [9.17, 15) is 49.5 Å². The summed E-state index contributed by atoms with van der Waals surface area (Å²) in [5, 5.41) is 58.1. The summed E-state index contributed by atoms with van der Waals surface area (Å²) in [5.74, 6) is -5.32. The molecule has 10 heteroatoms. The van der Waals surface area contributed by atoms with E-state index < -0.39 is 29.8 Å². The molecule has 65 heavy (non-hydrogen) atoms. The van der Waals surface area contributed by atoms with Crippen LogP contribution in [0.3, 0.4) is 0 Å². The van der Waals surface area contributed by atoms with Crippen molar-refractivity contribution in [2.24, 2.45) is 0 Å². The van der Waals surface area contributed by atoms with Crippen molar-refractivity contribution in [1.82, 2.24) is 0 Å². The first kappa shape index (κ1) is 38.7. The summed E-state index contributed by atoms with van der Waals surface area (Å²) in [7, 11) is 0. The van der Waals surface area contributed by atoms with Crippen LogP contribution in [-0.4, -0.2) is 55.4 Å². The highest BCUT2D eigenvalue weighted by atomic mass is 16.4. The number of carboxylic acid groups (broad SMARTS) is 5. The summed E-state index contributed by atoms with van der Waals surface area (Å²) in [6, 6.07) is 43.8. The highest BCUT2D eigenvalue weighted by molar-refractivity contribution is 6.49. The lowest BCUT2D eigenvalue weighted by atomic mass is 9.85. The van der Waals surface area contributed by atoms with E-state index in [1.165, 1.54) is 0 Å².